The molecule has 0 saturated carbocycles. The molecule has 2 aromatic rings. The van der Waals surface area contributed by atoms with Crippen molar-refractivity contribution in [1.82, 2.24) is 20.3 Å². The molecule has 168 valence electrons. The molecule has 1 saturated heterocycles. The number of nitrogens with one attached hydrogen (secondary N) is 3. The maximum atomic E-state index is 12.3. The quantitative estimate of drug-likeness (QED) is 0.298. The molecule has 0 aliphatic carbocycles. The molecule has 0 bridgehead atoms. The molecule has 31 heavy (non-hydrogen) atoms. The number of rotatable bonds is 10. The molecule has 3 N–H and O–H groups in total. The maximum absolute atomic E-state index is 12.3. The Balaban J connectivity index is 1.57. The fraction of sp³-hybridized carbons (Fsp3) is 0.435. The zero-order valence-corrected chi connectivity index (χ0v) is 18.9. The molecule has 2 aromatic carbocycles. The fourth-order valence-corrected chi connectivity index (χ4v) is 4.78. The number of likely N-dealkylation sites (tertiary alicyclic amines) is 1. The smallest absolute Gasteiger partial charge is 0.240 e. The van der Waals surface area contributed by atoms with Gasteiger partial charge in [-0.1, -0.05) is 48.5 Å². The van der Waals surface area contributed by atoms with Crippen molar-refractivity contribution in [3.05, 3.63) is 66.2 Å². The van der Waals surface area contributed by atoms with Crippen LogP contribution in [0.25, 0.3) is 0 Å². The van der Waals surface area contributed by atoms with Gasteiger partial charge in [-0.15, -0.1) is 0 Å². The molecule has 0 aromatic heterocycles. The van der Waals surface area contributed by atoms with Crippen molar-refractivity contribution >= 4 is 16.0 Å². The number of nitrogens with zero attached hydrogens (tertiary/aromatic N) is 2. The van der Waals surface area contributed by atoms with Crippen LogP contribution in [0.1, 0.15) is 31.4 Å². The van der Waals surface area contributed by atoms with E-state index < -0.39 is 10.0 Å². The molecule has 1 fully saturated rings. The third-order valence-electron chi connectivity index (χ3n) is 5.30. The van der Waals surface area contributed by atoms with Crippen molar-refractivity contribution < 1.29 is 8.42 Å². The van der Waals surface area contributed by atoms with Gasteiger partial charge in [0.1, 0.15) is 0 Å². The van der Waals surface area contributed by atoms with E-state index in [0.29, 0.717) is 19.0 Å². The van der Waals surface area contributed by atoms with Crippen LogP contribution in [-0.4, -0.2) is 58.5 Å². The monoisotopic (exact) mass is 443 g/mol. The average molecular weight is 444 g/mol. The zero-order valence-electron chi connectivity index (χ0n) is 18.1. The Hall–Kier alpha value is -2.42. The van der Waals surface area contributed by atoms with Gasteiger partial charge in [0.05, 0.1) is 17.5 Å². The Morgan fingerprint density at radius 3 is 2.26 bits per heavy atom. The molecule has 1 aliphatic rings. The summed E-state index contributed by atoms with van der Waals surface area (Å²) in [5.41, 5.74) is 1.28. The second-order valence-electron chi connectivity index (χ2n) is 7.53. The largest absolute Gasteiger partial charge is 0.357 e. The number of benzene rings is 2. The van der Waals surface area contributed by atoms with E-state index in [-0.39, 0.29) is 17.5 Å². The van der Waals surface area contributed by atoms with E-state index in [4.69, 9.17) is 4.99 Å². The van der Waals surface area contributed by atoms with Crippen molar-refractivity contribution in [2.24, 2.45) is 4.99 Å². The Morgan fingerprint density at radius 1 is 0.968 bits per heavy atom. The summed E-state index contributed by atoms with van der Waals surface area (Å²) in [7, 11) is -3.50. The van der Waals surface area contributed by atoms with E-state index in [1.165, 1.54) is 18.4 Å². The Labute approximate surface area is 186 Å². The van der Waals surface area contributed by atoms with Gasteiger partial charge >= 0.3 is 0 Å². The average Bonchev–Trinajstić information content (AvgIpc) is 3.33. The van der Waals surface area contributed by atoms with Crippen molar-refractivity contribution in [3.63, 3.8) is 0 Å². The summed E-state index contributed by atoms with van der Waals surface area (Å²) in [5.74, 6) is 0.696. The summed E-state index contributed by atoms with van der Waals surface area (Å²) in [6.07, 6.45) is 2.46. The minimum atomic E-state index is -3.50. The van der Waals surface area contributed by atoms with Gasteiger partial charge in [0.2, 0.25) is 10.0 Å². The standard InChI is InChI=1S/C23H33N5O2S/c1-2-24-23(25-15-16-27-31(29,30)21-13-7-4-8-14-21)26-19-22(28-17-9-10-18-28)20-11-5-3-6-12-20/h3-8,11-14,22,27H,2,9-10,15-19H2,1H3,(H2,24,25,26). The Bertz CT molecular complexity index is 913. The van der Waals surface area contributed by atoms with E-state index in [0.717, 1.165) is 19.6 Å². The van der Waals surface area contributed by atoms with Crippen LogP contribution in [-0.2, 0) is 10.0 Å². The highest BCUT2D eigenvalue weighted by molar-refractivity contribution is 7.89. The van der Waals surface area contributed by atoms with Crippen LogP contribution in [0.3, 0.4) is 0 Å². The van der Waals surface area contributed by atoms with Gasteiger partial charge in [-0.3, -0.25) is 9.89 Å². The van der Waals surface area contributed by atoms with Gasteiger partial charge < -0.3 is 10.6 Å². The first-order valence-electron chi connectivity index (χ1n) is 11.0. The van der Waals surface area contributed by atoms with Crippen LogP contribution < -0.4 is 15.4 Å². The number of aliphatic imine (C=N–C) groups is 1. The number of sulfonamides is 1. The molecule has 1 aliphatic heterocycles. The lowest BCUT2D eigenvalue weighted by atomic mass is 10.1. The van der Waals surface area contributed by atoms with E-state index in [2.05, 4.69) is 44.5 Å². The van der Waals surface area contributed by atoms with Crippen molar-refractivity contribution in [1.29, 1.82) is 0 Å². The first kappa shape index (κ1) is 23.2. The Morgan fingerprint density at radius 2 is 1.61 bits per heavy atom. The van der Waals surface area contributed by atoms with Gasteiger partial charge in [0.15, 0.2) is 5.96 Å². The van der Waals surface area contributed by atoms with Crippen LogP contribution in [0.2, 0.25) is 0 Å². The van der Waals surface area contributed by atoms with Gasteiger partial charge in [-0.25, -0.2) is 13.1 Å². The van der Waals surface area contributed by atoms with E-state index in [1.54, 1.807) is 30.3 Å². The molecular weight excluding hydrogens is 410 g/mol. The number of hydrogen-bond donors (Lipinski definition) is 3. The lowest BCUT2D eigenvalue weighted by Gasteiger charge is -2.27. The van der Waals surface area contributed by atoms with Crippen molar-refractivity contribution in [3.8, 4) is 0 Å². The van der Waals surface area contributed by atoms with Gasteiger partial charge in [-0.05, 0) is 50.6 Å². The maximum Gasteiger partial charge on any atom is 0.240 e. The molecule has 0 radical (unpaired) electrons. The first-order valence-corrected chi connectivity index (χ1v) is 12.4. The molecule has 0 spiro atoms. The van der Waals surface area contributed by atoms with Crippen molar-refractivity contribution in [2.75, 3.05) is 39.3 Å². The lowest BCUT2D eigenvalue weighted by Crippen LogP contribution is -2.42. The summed E-state index contributed by atoms with van der Waals surface area (Å²) < 4.78 is 27.3. The van der Waals surface area contributed by atoms with E-state index >= 15 is 0 Å². The highest BCUT2D eigenvalue weighted by Crippen LogP contribution is 2.25. The first-order chi connectivity index (χ1) is 15.1. The summed E-state index contributed by atoms with van der Waals surface area (Å²) >= 11 is 0. The third-order valence-corrected chi connectivity index (χ3v) is 6.77. The second-order valence-corrected chi connectivity index (χ2v) is 9.29. The van der Waals surface area contributed by atoms with Gasteiger partial charge in [0.25, 0.3) is 0 Å². The highest BCUT2D eigenvalue weighted by Gasteiger charge is 2.23. The minimum absolute atomic E-state index is 0.246. The normalized spacial score (nSPS) is 16.2. The zero-order chi connectivity index (χ0) is 21.9. The molecule has 0 amide bonds. The molecule has 7 nitrogen and oxygen atoms in total. The minimum Gasteiger partial charge on any atom is -0.357 e. The van der Waals surface area contributed by atoms with Gasteiger partial charge in [-0.2, -0.15) is 0 Å². The predicted molar refractivity (Wildman–Crippen MR) is 126 cm³/mol. The number of guanidine groups is 1. The molecule has 1 unspecified atom stereocenters. The number of hydrogen-bond acceptors (Lipinski definition) is 4. The fourth-order valence-electron chi connectivity index (χ4n) is 3.73. The summed E-state index contributed by atoms with van der Waals surface area (Å²) in [6.45, 7) is 6.31. The summed E-state index contributed by atoms with van der Waals surface area (Å²) in [4.78, 5) is 7.57. The van der Waals surface area contributed by atoms with E-state index in [9.17, 15) is 8.42 Å². The highest BCUT2D eigenvalue weighted by atomic mass is 32.2. The van der Waals surface area contributed by atoms with Crippen LogP contribution in [0, 0.1) is 0 Å². The van der Waals surface area contributed by atoms with Crippen LogP contribution >= 0.6 is 0 Å². The van der Waals surface area contributed by atoms with Crippen molar-refractivity contribution in [2.45, 2.75) is 30.7 Å². The molecule has 8 heteroatoms. The molecule has 1 atom stereocenters. The summed E-state index contributed by atoms with van der Waals surface area (Å²) in [5, 5.41) is 6.49. The van der Waals surface area contributed by atoms with Gasteiger partial charge in [0, 0.05) is 19.6 Å². The van der Waals surface area contributed by atoms with Crippen LogP contribution in [0.5, 0.6) is 0 Å². The second kappa shape index (κ2) is 11.8. The predicted octanol–water partition coefficient (Wildman–Crippen LogP) is 2.36. The topological polar surface area (TPSA) is 85.8 Å². The third kappa shape index (κ3) is 7.05. The van der Waals surface area contributed by atoms with Crippen LogP contribution in [0.15, 0.2) is 70.6 Å². The van der Waals surface area contributed by atoms with E-state index in [1.807, 2.05) is 13.0 Å². The van der Waals surface area contributed by atoms with Crippen LogP contribution in [0.4, 0.5) is 0 Å². The molecular formula is C23H33N5O2S. The Kier molecular flexibility index (Phi) is 8.87. The molecule has 3 rings (SSSR count). The molecule has 1 heterocycles. The lowest BCUT2D eigenvalue weighted by molar-refractivity contribution is 0.251. The SMILES string of the molecule is CCNC(=NCC(c1ccccc1)N1CCCC1)NCCNS(=O)(=O)c1ccccc1. The summed E-state index contributed by atoms with van der Waals surface area (Å²) in [6, 6.07) is 19.2.